The highest BCUT2D eigenvalue weighted by Crippen LogP contribution is 2.65. The van der Waals surface area contributed by atoms with E-state index in [0.29, 0.717) is 0 Å². The molecule has 0 spiro atoms. The highest BCUT2D eigenvalue weighted by molar-refractivity contribution is 7.85. The van der Waals surface area contributed by atoms with E-state index in [1.54, 1.807) is 0 Å². The third-order valence-corrected chi connectivity index (χ3v) is 6.90. The fourth-order valence-corrected chi connectivity index (χ4v) is 4.40. The van der Waals surface area contributed by atoms with Crippen molar-refractivity contribution in [1.82, 2.24) is 0 Å². The van der Waals surface area contributed by atoms with Gasteiger partial charge in [-0.05, 0) is 19.8 Å². The molecule has 0 N–H and O–H groups in total. The summed E-state index contributed by atoms with van der Waals surface area (Å²) in [4.78, 5) is 22.4. The second kappa shape index (κ2) is 5.66. The van der Waals surface area contributed by atoms with Crippen LogP contribution in [0.25, 0.3) is 0 Å². The average Bonchev–Trinajstić information content (AvgIpc) is 2.86. The fourth-order valence-electron chi connectivity index (χ4n) is 3.78. The minimum Gasteiger partial charge on any atom is -0.744 e. The van der Waals surface area contributed by atoms with Gasteiger partial charge in [-0.15, -0.1) is 0 Å². The standard InChI is InChI=1S/C16H14F4O7S/c1-14(2)15(3)4-5-16(14,27-12(15)21)13(22)26-10-6(17)8(19)11(28(23,24)25)9(20)7(10)18/h4-5H2,1-3H3,(H,23,24,25)/p-1. The van der Waals surface area contributed by atoms with E-state index in [1.807, 2.05) is 0 Å². The van der Waals surface area contributed by atoms with Gasteiger partial charge in [-0.1, -0.05) is 13.8 Å². The first kappa shape index (κ1) is 20.5. The molecule has 1 aliphatic heterocycles. The first-order valence-electron chi connectivity index (χ1n) is 7.89. The summed E-state index contributed by atoms with van der Waals surface area (Å²) in [5.74, 6) is -14.0. The smallest absolute Gasteiger partial charge is 0.356 e. The molecule has 1 aliphatic carbocycles. The molecule has 7 nitrogen and oxygen atoms in total. The van der Waals surface area contributed by atoms with Gasteiger partial charge in [-0.3, -0.25) is 4.79 Å². The summed E-state index contributed by atoms with van der Waals surface area (Å²) >= 11 is 0. The topological polar surface area (TPSA) is 110 Å². The van der Waals surface area contributed by atoms with Gasteiger partial charge in [0.2, 0.25) is 23.0 Å². The second-order valence-corrected chi connectivity index (χ2v) is 8.75. The van der Waals surface area contributed by atoms with E-state index in [1.165, 1.54) is 20.8 Å². The molecule has 0 amide bonds. The van der Waals surface area contributed by atoms with Gasteiger partial charge < -0.3 is 14.0 Å². The molecule has 2 aliphatic rings. The Morgan fingerprint density at radius 2 is 1.54 bits per heavy atom. The minimum absolute atomic E-state index is 0.0672. The summed E-state index contributed by atoms with van der Waals surface area (Å²) < 4.78 is 98.1. The van der Waals surface area contributed by atoms with Crippen LogP contribution in [0.2, 0.25) is 0 Å². The third-order valence-electron chi connectivity index (χ3n) is 6.04. The van der Waals surface area contributed by atoms with Crippen LogP contribution in [0.4, 0.5) is 17.6 Å². The lowest BCUT2D eigenvalue weighted by Gasteiger charge is -2.34. The van der Waals surface area contributed by atoms with Gasteiger partial charge in [0.1, 0.15) is 15.0 Å². The third kappa shape index (κ3) is 2.27. The van der Waals surface area contributed by atoms with Gasteiger partial charge in [0.25, 0.3) is 0 Å². The lowest BCUT2D eigenvalue weighted by atomic mass is 9.66. The van der Waals surface area contributed by atoms with Crippen LogP contribution in [-0.4, -0.2) is 30.5 Å². The van der Waals surface area contributed by atoms with Gasteiger partial charge in [-0.2, -0.15) is 8.78 Å². The Balaban J connectivity index is 2.09. The molecule has 1 heterocycles. The first-order valence-corrected chi connectivity index (χ1v) is 9.30. The second-order valence-electron chi connectivity index (χ2n) is 7.43. The zero-order chi connectivity index (χ0) is 21.4. The maximum Gasteiger partial charge on any atom is 0.356 e. The summed E-state index contributed by atoms with van der Waals surface area (Å²) in [6, 6.07) is 0. The van der Waals surface area contributed by atoms with Crippen molar-refractivity contribution < 1.29 is 49.6 Å². The van der Waals surface area contributed by atoms with Crippen molar-refractivity contribution >= 4 is 22.1 Å². The number of hydrogen-bond acceptors (Lipinski definition) is 7. The van der Waals surface area contributed by atoms with Crippen LogP contribution in [0.15, 0.2) is 4.90 Å². The molecule has 2 bridgehead atoms. The normalized spacial score (nSPS) is 28.4. The Bertz CT molecular complexity index is 1010. The number of fused-ring (bicyclic) bond motifs is 2. The fraction of sp³-hybridized carbons (Fsp3) is 0.500. The van der Waals surface area contributed by atoms with Crippen LogP contribution in [0.3, 0.4) is 0 Å². The number of esters is 2. The van der Waals surface area contributed by atoms with Gasteiger partial charge in [0.15, 0.2) is 11.6 Å². The Hall–Kier alpha value is -2.21. The number of halogens is 4. The lowest BCUT2D eigenvalue weighted by Crippen LogP contribution is -2.50. The van der Waals surface area contributed by atoms with Gasteiger partial charge in [-0.25, -0.2) is 22.0 Å². The van der Waals surface area contributed by atoms with E-state index in [4.69, 9.17) is 4.74 Å². The highest BCUT2D eigenvalue weighted by Gasteiger charge is 2.76. The molecule has 154 valence electrons. The maximum absolute atomic E-state index is 14.1. The average molecular weight is 425 g/mol. The van der Waals surface area contributed by atoms with Crippen LogP contribution in [0, 0.1) is 34.1 Å². The zero-order valence-corrected chi connectivity index (χ0v) is 15.5. The number of hydrogen-bond donors (Lipinski definition) is 0. The molecular weight excluding hydrogens is 412 g/mol. The van der Waals surface area contributed by atoms with Crippen molar-refractivity contribution in [1.29, 1.82) is 0 Å². The van der Waals surface area contributed by atoms with Crippen molar-refractivity contribution in [3.05, 3.63) is 23.3 Å². The van der Waals surface area contributed by atoms with Crippen molar-refractivity contribution in [3.8, 4) is 5.75 Å². The van der Waals surface area contributed by atoms with Crippen LogP contribution < -0.4 is 4.74 Å². The molecule has 1 saturated carbocycles. The Morgan fingerprint density at radius 3 is 1.89 bits per heavy atom. The number of rotatable bonds is 3. The molecule has 1 saturated heterocycles. The van der Waals surface area contributed by atoms with E-state index >= 15 is 0 Å². The van der Waals surface area contributed by atoms with E-state index in [9.17, 15) is 40.1 Å². The van der Waals surface area contributed by atoms with Gasteiger partial charge in [0.05, 0.1) is 5.41 Å². The summed E-state index contributed by atoms with van der Waals surface area (Å²) in [7, 11) is -5.90. The predicted molar refractivity (Wildman–Crippen MR) is 79.8 cm³/mol. The first-order chi connectivity index (χ1) is 12.6. The van der Waals surface area contributed by atoms with Crippen molar-refractivity contribution in [3.63, 3.8) is 0 Å². The summed E-state index contributed by atoms with van der Waals surface area (Å²) in [6.45, 7) is 4.52. The Kier molecular flexibility index (Phi) is 4.15. The molecule has 2 unspecified atom stereocenters. The molecule has 12 heteroatoms. The zero-order valence-electron chi connectivity index (χ0n) is 14.7. The van der Waals surface area contributed by atoms with Crippen molar-refractivity contribution in [2.45, 2.75) is 44.1 Å². The predicted octanol–water partition coefficient (Wildman–Crippen LogP) is 2.17. The molecule has 28 heavy (non-hydrogen) atoms. The number of carbonyl (C=O) groups excluding carboxylic acids is 2. The summed E-state index contributed by atoms with van der Waals surface area (Å²) in [5, 5.41) is 0. The number of ether oxygens (including phenoxy) is 2. The molecule has 3 rings (SSSR count). The molecule has 0 aromatic heterocycles. The molecular formula is C16H13F4O7S-. The quantitative estimate of drug-likeness (QED) is 0.240. The minimum atomic E-state index is -5.90. The maximum atomic E-state index is 14.1. The van der Waals surface area contributed by atoms with Crippen LogP contribution in [-0.2, 0) is 24.4 Å². The SMILES string of the molecule is CC12CCC(C(=O)Oc3c(F)c(F)c(S(=O)(=O)[O-])c(F)c3F)(OC1=O)C2(C)C. The molecule has 0 radical (unpaired) electrons. The van der Waals surface area contributed by atoms with E-state index in [2.05, 4.69) is 4.74 Å². The highest BCUT2D eigenvalue weighted by atomic mass is 32.2. The van der Waals surface area contributed by atoms with Gasteiger partial charge >= 0.3 is 11.9 Å². The molecule has 2 fully saturated rings. The lowest BCUT2D eigenvalue weighted by molar-refractivity contribution is -0.176. The monoisotopic (exact) mass is 425 g/mol. The van der Waals surface area contributed by atoms with Crippen molar-refractivity contribution in [2.24, 2.45) is 10.8 Å². The Morgan fingerprint density at radius 1 is 1.04 bits per heavy atom. The van der Waals surface area contributed by atoms with Crippen LogP contribution in [0.1, 0.15) is 33.6 Å². The van der Waals surface area contributed by atoms with Crippen LogP contribution in [0.5, 0.6) is 5.75 Å². The summed E-state index contributed by atoms with van der Waals surface area (Å²) in [6.07, 6.45) is 0.122. The van der Waals surface area contributed by atoms with Crippen molar-refractivity contribution in [2.75, 3.05) is 0 Å². The van der Waals surface area contributed by atoms with E-state index in [-0.39, 0.29) is 12.8 Å². The van der Waals surface area contributed by atoms with Crippen LogP contribution >= 0.6 is 0 Å². The van der Waals surface area contributed by atoms with E-state index in [0.717, 1.165) is 0 Å². The molecule has 2 atom stereocenters. The Labute approximate surface area is 156 Å². The molecule has 1 aromatic carbocycles. The largest absolute Gasteiger partial charge is 0.744 e. The number of carbonyl (C=O) groups is 2. The van der Waals surface area contributed by atoms with E-state index < -0.39 is 72.4 Å². The van der Waals surface area contributed by atoms with Gasteiger partial charge in [0, 0.05) is 5.41 Å². The number of benzene rings is 1. The summed E-state index contributed by atoms with van der Waals surface area (Å²) in [5.41, 5.74) is -4.25. The molecule has 1 aromatic rings.